The van der Waals surface area contributed by atoms with Gasteiger partial charge in [-0.15, -0.1) is 0 Å². The quantitative estimate of drug-likeness (QED) is 0.896. The van der Waals surface area contributed by atoms with Crippen LogP contribution in [0.4, 0.5) is 4.39 Å². The van der Waals surface area contributed by atoms with E-state index in [0.29, 0.717) is 18.3 Å². The summed E-state index contributed by atoms with van der Waals surface area (Å²) in [5.74, 6) is -0.216. The number of phenols is 1. The van der Waals surface area contributed by atoms with Gasteiger partial charge in [0.25, 0.3) is 5.91 Å². The van der Waals surface area contributed by atoms with Crippen LogP contribution in [0.5, 0.6) is 5.75 Å². The Morgan fingerprint density at radius 1 is 1.61 bits per heavy atom. The zero-order chi connectivity index (χ0) is 13.1. The highest BCUT2D eigenvalue weighted by molar-refractivity contribution is 8.00. The predicted octanol–water partition coefficient (Wildman–Crippen LogP) is 2.50. The summed E-state index contributed by atoms with van der Waals surface area (Å²) in [7, 11) is 0. The number of rotatable bonds is 2. The first-order valence-electron chi connectivity index (χ1n) is 6.01. The molecule has 3 nitrogen and oxygen atoms in total. The average Bonchev–Trinajstić information content (AvgIpc) is 2.38. The number of nitrogens with zero attached hydrogens (tertiary/aromatic N) is 1. The van der Waals surface area contributed by atoms with E-state index in [0.717, 1.165) is 18.2 Å². The van der Waals surface area contributed by atoms with Gasteiger partial charge >= 0.3 is 0 Å². The van der Waals surface area contributed by atoms with Gasteiger partial charge in [-0.1, -0.05) is 6.92 Å². The molecule has 2 rings (SSSR count). The van der Waals surface area contributed by atoms with Crippen LogP contribution < -0.4 is 0 Å². The van der Waals surface area contributed by atoms with Crippen molar-refractivity contribution in [3.8, 4) is 5.75 Å². The molecular formula is C13H16FNO2S. The van der Waals surface area contributed by atoms with Gasteiger partial charge in [0, 0.05) is 30.2 Å². The number of halogens is 1. The molecule has 1 aromatic carbocycles. The smallest absolute Gasteiger partial charge is 0.256 e. The zero-order valence-electron chi connectivity index (χ0n) is 10.2. The third-order valence-electron chi connectivity index (χ3n) is 3.06. The minimum absolute atomic E-state index is 0.0366. The van der Waals surface area contributed by atoms with Gasteiger partial charge in [-0.2, -0.15) is 11.8 Å². The van der Waals surface area contributed by atoms with Crippen LogP contribution in [-0.2, 0) is 0 Å². The Hall–Kier alpha value is -1.23. The van der Waals surface area contributed by atoms with Crippen molar-refractivity contribution in [3.63, 3.8) is 0 Å². The molecule has 1 aliphatic rings. The Balaban J connectivity index is 2.15. The summed E-state index contributed by atoms with van der Waals surface area (Å²) in [6.45, 7) is 3.41. The molecule has 1 saturated heterocycles. The van der Waals surface area contributed by atoms with Crippen molar-refractivity contribution in [3.05, 3.63) is 29.6 Å². The summed E-state index contributed by atoms with van der Waals surface area (Å²) in [6, 6.07) is 3.66. The van der Waals surface area contributed by atoms with Gasteiger partial charge in [-0.25, -0.2) is 4.39 Å². The summed E-state index contributed by atoms with van der Waals surface area (Å²) in [4.78, 5) is 13.9. The van der Waals surface area contributed by atoms with Crippen molar-refractivity contribution in [2.75, 3.05) is 18.8 Å². The van der Waals surface area contributed by atoms with Gasteiger partial charge in [-0.3, -0.25) is 4.79 Å². The number of hydrogen-bond acceptors (Lipinski definition) is 3. The second-order valence-electron chi connectivity index (χ2n) is 4.32. The van der Waals surface area contributed by atoms with Crippen molar-refractivity contribution in [2.45, 2.75) is 18.6 Å². The lowest BCUT2D eigenvalue weighted by atomic mass is 10.1. The largest absolute Gasteiger partial charge is 0.508 e. The van der Waals surface area contributed by atoms with Crippen molar-refractivity contribution in [2.24, 2.45) is 0 Å². The van der Waals surface area contributed by atoms with E-state index < -0.39 is 5.82 Å². The summed E-state index contributed by atoms with van der Waals surface area (Å²) in [5.41, 5.74) is 0.0366. The maximum Gasteiger partial charge on any atom is 0.256 e. The van der Waals surface area contributed by atoms with Crippen molar-refractivity contribution in [1.29, 1.82) is 0 Å². The second kappa shape index (κ2) is 5.61. The summed E-state index contributed by atoms with van der Waals surface area (Å²) < 4.78 is 13.6. The van der Waals surface area contributed by atoms with Gasteiger partial charge in [0.15, 0.2) is 0 Å². The SMILES string of the molecule is CCC1CN(C(=O)c2ccc(O)cc2F)CCS1. The van der Waals surface area contributed by atoms with E-state index >= 15 is 0 Å². The topological polar surface area (TPSA) is 40.5 Å². The molecular weight excluding hydrogens is 253 g/mol. The van der Waals surface area contributed by atoms with Crippen LogP contribution in [0, 0.1) is 5.82 Å². The average molecular weight is 269 g/mol. The lowest BCUT2D eigenvalue weighted by Gasteiger charge is -2.32. The molecule has 1 aliphatic heterocycles. The third-order valence-corrected chi connectivity index (χ3v) is 4.44. The fourth-order valence-corrected chi connectivity index (χ4v) is 3.18. The highest BCUT2D eigenvalue weighted by Gasteiger charge is 2.25. The number of benzene rings is 1. The summed E-state index contributed by atoms with van der Waals surface area (Å²) >= 11 is 1.86. The number of amides is 1. The molecule has 5 heteroatoms. The van der Waals surface area contributed by atoms with Gasteiger partial charge in [0.1, 0.15) is 11.6 Å². The fourth-order valence-electron chi connectivity index (χ4n) is 2.00. The number of phenolic OH excluding ortho intramolecular Hbond substituents is 1. The number of carbonyl (C=O) groups excluding carboxylic acids is 1. The molecule has 1 amide bonds. The van der Waals surface area contributed by atoms with Gasteiger partial charge < -0.3 is 10.0 Å². The van der Waals surface area contributed by atoms with Crippen molar-refractivity contribution < 1.29 is 14.3 Å². The van der Waals surface area contributed by atoms with E-state index in [1.165, 1.54) is 12.1 Å². The van der Waals surface area contributed by atoms with Crippen LogP contribution in [0.1, 0.15) is 23.7 Å². The Morgan fingerprint density at radius 2 is 2.39 bits per heavy atom. The molecule has 1 heterocycles. The second-order valence-corrected chi connectivity index (χ2v) is 5.72. The lowest BCUT2D eigenvalue weighted by molar-refractivity contribution is 0.0756. The molecule has 98 valence electrons. The summed E-state index contributed by atoms with van der Waals surface area (Å²) in [6.07, 6.45) is 1.01. The first kappa shape index (κ1) is 13.2. The number of hydrogen-bond donors (Lipinski definition) is 1. The Morgan fingerprint density at radius 3 is 3.06 bits per heavy atom. The molecule has 1 unspecified atom stereocenters. The minimum atomic E-state index is -0.661. The fraction of sp³-hybridized carbons (Fsp3) is 0.462. The van der Waals surface area contributed by atoms with Crippen LogP contribution in [0.2, 0.25) is 0 Å². The maximum absolute atomic E-state index is 13.6. The molecule has 1 N–H and O–H groups in total. The molecule has 1 aromatic rings. The van der Waals surface area contributed by atoms with Gasteiger partial charge in [0.05, 0.1) is 5.56 Å². The van der Waals surface area contributed by atoms with Crippen LogP contribution in [0.3, 0.4) is 0 Å². The van der Waals surface area contributed by atoms with E-state index in [1.807, 2.05) is 11.8 Å². The first-order valence-corrected chi connectivity index (χ1v) is 7.06. The predicted molar refractivity (Wildman–Crippen MR) is 70.5 cm³/mol. The third kappa shape index (κ3) is 2.77. The van der Waals surface area contributed by atoms with Crippen LogP contribution in [-0.4, -0.2) is 40.0 Å². The molecule has 0 saturated carbocycles. The lowest BCUT2D eigenvalue weighted by Crippen LogP contribution is -2.42. The molecule has 1 atom stereocenters. The van der Waals surface area contributed by atoms with Crippen molar-refractivity contribution in [1.82, 2.24) is 4.90 Å². The van der Waals surface area contributed by atoms with Crippen LogP contribution in [0.15, 0.2) is 18.2 Å². The molecule has 0 aromatic heterocycles. The normalized spacial score (nSPS) is 19.9. The van der Waals surface area contributed by atoms with E-state index in [-0.39, 0.29) is 17.2 Å². The first-order chi connectivity index (χ1) is 8.61. The zero-order valence-corrected chi connectivity index (χ0v) is 11.0. The van der Waals surface area contributed by atoms with Crippen LogP contribution >= 0.6 is 11.8 Å². The van der Waals surface area contributed by atoms with E-state index in [1.54, 1.807) is 4.90 Å². The molecule has 0 spiro atoms. The highest BCUT2D eigenvalue weighted by atomic mass is 32.2. The van der Waals surface area contributed by atoms with E-state index in [2.05, 4.69) is 6.92 Å². The summed E-state index contributed by atoms with van der Waals surface area (Å²) in [5, 5.41) is 9.57. The van der Waals surface area contributed by atoms with Gasteiger partial charge in [0.2, 0.25) is 0 Å². The molecule has 0 bridgehead atoms. The maximum atomic E-state index is 13.6. The van der Waals surface area contributed by atoms with Crippen LogP contribution in [0.25, 0.3) is 0 Å². The van der Waals surface area contributed by atoms with Crippen molar-refractivity contribution >= 4 is 17.7 Å². The molecule has 0 radical (unpaired) electrons. The minimum Gasteiger partial charge on any atom is -0.508 e. The van der Waals surface area contributed by atoms with E-state index in [9.17, 15) is 9.18 Å². The number of thioether (sulfide) groups is 1. The Bertz CT molecular complexity index is 453. The molecule has 0 aliphatic carbocycles. The Labute approximate surface area is 110 Å². The monoisotopic (exact) mass is 269 g/mol. The molecule has 1 fully saturated rings. The highest BCUT2D eigenvalue weighted by Crippen LogP contribution is 2.23. The Kier molecular flexibility index (Phi) is 4.11. The van der Waals surface area contributed by atoms with E-state index in [4.69, 9.17) is 5.11 Å². The van der Waals surface area contributed by atoms with Gasteiger partial charge in [-0.05, 0) is 18.6 Å². The number of carbonyl (C=O) groups is 1. The standard InChI is InChI=1S/C13H16FNO2S/c1-2-10-8-15(5-6-18-10)13(17)11-4-3-9(16)7-12(11)14/h3-4,7,10,16H,2,5-6,8H2,1H3. The number of aromatic hydroxyl groups is 1. The molecule has 18 heavy (non-hydrogen) atoms.